The molecule has 4 rings (SSSR count). The average Bonchev–Trinajstić information content (AvgIpc) is 3.19. The maximum atomic E-state index is 13.5. The predicted molar refractivity (Wildman–Crippen MR) is 101 cm³/mol. The molecule has 0 aromatic heterocycles. The molecule has 5 nitrogen and oxygen atoms in total. The topological polar surface area (TPSA) is 57.7 Å². The molecule has 2 heterocycles. The number of amides is 1. The van der Waals surface area contributed by atoms with Crippen LogP contribution in [0.15, 0.2) is 54.6 Å². The summed E-state index contributed by atoms with van der Waals surface area (Å²) < 4.78 is 40.6. The minimum absolute atomic E-state index is 0.0362. The summed E-state index contributed by atoms with van der Waals surface area (Å²) in [5.41, 5.74) is 0.887. The Kier molecular flexibility index (Phi) is 4.52. The summed E-state index contributed by atoms with van der Waals surface area (Å²) in [6.45, 7) is 1.17. The molecule has 0 radical (unpaired) electrons. The van der Waals surface area contributed by atoms with Crippen LogP contribution < -0.4 is 4.90 Å². The summed E-state index contributed by atoms with van der Waals surface area (Å²) in [6.07, 6.45) is 0.930. The van der Waals surface area contributed by atoms with Gasteiger partial charge in [0.15, 0.2) is 0 Å². The highest BCUT2D eigenvalue weighted by molar-refractivity contribution is 7.88. The van der Waals surface area contributed by atoms with E-state index in [0.717, 1.165) is 5.56 Å². The lowest BCUT2D eigenvalue weighted by Crippen LogP contribution is -2.34. The van der Waals surface area contributed by atoms with Crippen LogP contribution in [0.3, 0.4) is 0 Å². The highest BCUT2D eigenvalue weighted by atomic mass is 32.2. The molecule has 0 bridgehead atoms. The third-order valence-corrected chi connectivity index (χ3v) is 7.23. The molecule has 1 atom stereocenters. The van der Waals surface area contributed by atoms with E-state index in [1.807, 2.05) is 18.2 Å². The van der Waals surface area contributed by atoms with Crippen molar-refractivity contribution in [3.05, 3.63) is 66.0 Å². The van der Waals surface area contributed by atoms with Crippen molar-refractivity contribution < 1.29 is 17.6 Å². The molecule has 27 heavy (non-hydrogen) atoms. The van der Waals surface area contributed by atoms with Gasteiger partial charge in [0, 0.05) is 37.2 Å². The van der Waals surface area contributed by atoms with E-state index < -0.39 is 15.4 Å². The van der Waals surface area contributed by atoms with Crippen LogP contribution in [0.5, 0.6) is 0 Å². The number of benzene rings is 2. The first-order chi connectivity index (χ1) is 12.9. The second kappa shape index (κ2) is 6.73. The van der Waals surface area contributed by atoms with Gasteiger partial charge < -0.3 is 4.90 Å². The third kappa shape index (κ3) is 3.61. The molecule has 0 aliphatic carbocycles. The Hall–Kier alpha value is -2.25. The van der Waals surface area contributed by atoms with Gasteiger partial charge in [-0.05, 0) is 30.2 Å². The van der Waals surface area contributed by atoms with Gasteiger partial charge in [-0.3, -0.25) is 4.79 Å². The van der Waals surface area contributed by atoms with Crippen LogP contribution in [0.4, 0.5) is 10.1 Å². The molecule has 2 aromatic rings. The third-order valence-electron chi connectivity index (χ3n) is 5.43. The van der Waals surface area contributed by atoms with Crippen LogP contribution in [0.25, 0.3) is 0 Å². The van der Waals surface area contributed by atoms with Crippen molar-refractivity contribution in [3.63, 3.8) is 0 Å². The molecule has 2 aliphatic rings. The van der Waals surface area contributed by atoms with E-state index in [2.05, 4.69) is 0 Å². The van der Waals surface area contributed by atoms with E-state index in [1.54, 1.807) is 29.2 Å². The Morgan fingerprint density at radius 2 is 1.81 bits per heavy atom. The number of carbonyl (C=O) groups excluding carboxylic acids is 1. The second-order valence-corrected chi connectivity index (χ2v) is 9.43. The smallest absolute Gasteiger partial charge is 0.227 e. The van der Waals surface area contributed by atoms with Crippen molar-refractivity contribution in [3.8, 4) is 0 Å². The first-order valence-corrected chi connectivity index (χ1v) is 10.6. The van der Waals surface area contributed by atoms with Crippen LogP contribution in [-0.4, -0.2) is 38.3 Å². The minimum atomic E-state index is -3.44. The van der Waals surface area contributed by atoms with E-state index in [-0.39, 0.29) is 17.5 Å². The maximum absolute atomic E-state index is 13.5. The van der Waals surface area contributed by atoms with Gasteiger partial charge in [0.2, 0.25) is 15.9 Å². The van der Waals surface area contributed by atoms with Crippen molar-refractivity contribution in [2.45, 2.75) is 18.6 Å². The van der Waals surface area contributed by atoms with Gasteiger partial charge in [-0.2, -0.15) is 0 Å². The highest BCUT2D eigenvalue weighted by Crippen LogP contribution is 2.42. The summed E-state index contributed by atoms with van der Waals surface area (Å²) >= 11 is 0. The summed E-state index contributed by atoms with van der Waals surface area (Å²) in [4.78, 5) is 14.1. The lowest BCUT2D eigenvalue weighted by Gasteiger charge is -2.24. The molecule has 0 N–H and O–H groups in total. The zero-order valence-corrected chi connectivity index (χ0v) is 15.7. The molecule has 2 fully saturated rings. The molecular formula is C20H21FN2O3S. The van der Waals surface area contributed by atoms with E-state index in [9.17, 15) is 17.6 Å². The van der Waals surface area contributed by atoms with Gasteiger partial charge in [-0.15, -0.1) is 0 Å². The van der Waals surface area contributed by atoms with E-state index in [0.29, 0.717) is 38.2 Å². The fourth-order valence-corrected chi connectivity index (χ4v) is 5.69. The summed E-state index contributed by atoms with van der Waals surface area (Å²) in [5.74, 6) is -0.506. The fraction of sp³-hybridized carbons (Fsp3) is 0.350. The molecule has 1 spiro atoms. The van der Waals surface area contributed by atoms with E-state index in [4.69, 9.17) is 0 Å². The van der Waals surface area contributed by atoms with E-state index >= 15 is 0 Å². The van der Waals surface area contributed by atoms with Crippen LogP contribution in [0.1, 0.15) is 18.4 Å². The molecule has 1 amide bonds. The van der Waals surface area contributed by atoms with Crippen molar-refractivity contribution >= 4 is 21.6 Å². The minimum Gasteiger partial charge on any atom is -0.312 e. The number of anilines is 1. The molecule has 2 aliphatic heterocycles. The average molecular weight is 388 g/mol. The maximum Gasteiger partial charge on any atom is 0.227 e. The van der Waals surface area contributed by atoms with Crippen molar-refractivity contribution in [2.75, 3.05) is 24.5 Å². The Labute approximate surface area is 158 Å². The van der Waals surface area contributed by atoms with Crippen molar-refractivity contribution in [2.24, 2.45) is 5.41 Å². The molecule has 7 heteroatoms. The summed E-state index contributed by atoms with van der Waals surface area (Å²) in [6, 6.07) is 15.1. The largest absolute Gasteiger partial charge is 0.312 e. The summed E-state index contributed by atoms with van der Waals surface area (Å²) in [5, 5.41) is 0. The molecule has 142 valence electrons. The van der Waals surface area contributed by atoms with Gasteiger partial charge in [-0.1, -0.05) is 36.4 Å². The SMILES string of the molecule is O=C1C[C@]2(CCN(S(=O)(=O)Cc3ccccc3)C2)CN1c1cccc(F)c1. The summed E-state index contributed by atoms with van der Waals surface area (Å²) in [7, 11) is -3.44. The van der Waals surface area contributed by atoms with E-state index in [1.165, 1.54) is 16.4 Å². The van der Waals surface area contributed by atoms with Gasteiger partial charge in [-0.25, -0.2) is 17.1 Å². The number of nitrogens with zero attached hydrogens (tertiary/aromatic N) is 2. The second-order valence-electron chi connectivity index (χ2n) is 7.46. The number of carbonyl (C=O) groups is 1. The first-order valence-electron chi connectivity index (χ1n) is 8.95. The molecule has 2 aromatic carbocycles. The van der Waals surface area contributed by atoms with Crippen LogP contribution in [-0.2, 0) is 20.6 Å². The lowest BCUT2D eigenvalue weighted by atomic mass is 9.86. The standard InChI is InChI=1S/C20H21FN2O3S/c21-17-7-4-8-18(11-17)23-15-20(12-19(23)24)9-10-22(14-20)27(25,26)13-16-5-2-1-3-6-16/h1-8,11H,9-10,12-15H2/t20-/m0/s1. The molecule has 0 unspecified atom stereocenters. The number of sulfonamides is 1. The predicted octanol–water partition coefficient (Wildman–Crippen LogP) is 2.78. The Balaban J connectivity index is 1.50. The quantitative estimate of drug-likeness (QED) is 0.809. The fourth-order valence-electron chi connectivity index (χ4n) is 4.06. The zero-order chi connectivity index (χ0) is 19.1. The molecule has 0 saturated carbocycles. The van der Waals surface area contributed by atoms with Crippen LogP contribution >= 0.6 is 0 Å². The number of hydrogen-bond donors (Lipinski definition) is 0. The Bertz CT molecular complexity index is 964. The molecular weight excluding hydrogens is 367 g/mol. The lowest BCUT2D eigenvalue weighted by molar-refractivity contribution is -0.117. The van der Waals surface area contributed by atoms with Gasteiger partial charge in [0.05, 0.1) is 5.75 Å². The van der Waals surface area contributed by atoms with Crippen LogP contribution in [0.2, 0.25) is 0 Å². The van der Waals surface area contributed by atoms with Gasteiger partial charge >= 0.3 is 0 Å². The number of hydrogen-bond acceptors (Lipinski definition) is 3. The first kappa shape index (κ1) is 18.1. The Morgan fingerprint density at radius 1 is 1.04 bits per heavy atom. The molecule has 2 saturated heterocycles. The van der Waals surface area contributed by atoms with Crippen molar-refractivity contribution in [1.29, 1.82) is 0 Å². The Morgan fingerprint density at radius 3 is 2.56 bits per heavy atom. The van der Waals surface area contributed by atoms with Crippen LogP contribution in [0, 0.1) is 11.2 Å². The highest BCUT2D eigenvalue weighted by Gasteiger charge is 2.50. The normalized spacial score (nSPS) is 23.4. The number of halogens is 1. The monoisotopic (exact) mass is 388 g/mol. The number of rotatable bonds is 4. The van der Waals surface area contributed by atoms with Gasteiger partial charge in [0.25, 0.3) is 0 Å². The van der Waals surface area contributed by atoms with Gasteiger partial charge in [0.1, 0.15) is 5.82 Å². The zero-order valence-electron chi connectivity index (χ0n) is 14.8. The van der Waals surface area contributed by atoms with Crippen molar-refractivity contribution in [1.82, 2.24) is 4.31 Å².